The van der Waals surface area contributed by atoms with Crippen LogP contribution in [0.2, 0.25) is 0 Å². The van der Waals surface area contributed by atoms with Gasteiger partial charge in [0.25, 0.3) is 5.91 Å². The van der Waals surface area contributed by atoms with Crippen LogP contribution < -0.4 is 10.2 Å². The zero-order chi connectivity index (χ0) is 28.4. The topological polar surface area (TPSA) is 70.6 Å². The predicted octanol–water partition coefficient (Wildman–Crippen LogP) is 5.28. The molecule has 1 aliphatic rings. The lowest BCUT2D eigenvalue weighted by Crippen LogP contribution is -2.46. The number of rotatable bonds is 11. The monoisotopic (exact) mass is 559 g/mol. The first kappa shape index (κ1) is 29.8. The molecule has 3 aromatic rings. The summed E-state index contributed by atoms with van der Waals surface area (Å²) in [6, 6.07) is 20.3. The summed E-state index contributed by atoms with van der Waals surface area (Å²) in [6.07, 6.45) is 4.45. The first-order chi connectivity index (χ1) is 19.3. The molecule has 2 heterocycles. The highest BCUT2D eigenvalue weighted by Gasteiger charge is 2.23. The smallest absolute Gasteiger partial charge is 0.251 e. The number of ether oxygens (including phenoxy) is 1. The van der Waals surface area contributed by atoms with Crippen LogP contribution in [-0.2, 0) is 15.9 Å². The van der Waals surface area contributed by atoms with E-state index >= 15 is 0 Å². The Balaban J connectivity index is 1.36. The van der Waals surface area contributed by atoms with Gasteiger partial charge in [-0.3, -0.25) is 9.69 Å². The molecule has 212 valence electrons. The third kappa shape index (κ3) is 8.91. The maximum atomic E-state index is 12.3. The summed E-state index contributed by atoms with van der Waals surface area (Å²) in [5.74, 6) is 1.65. The third-order valence-electron chi connectivity index (χ3n) is 6.81. The van der Waals surface area contributed by atoms with Crippen molar-refractivity contribution in [1.82, 2.24) is 20.2 Å². The number of anilines is 1. The number of nitrogens with one attached hydrogen (secondary N) is 1. The summed E-state index contributed by atoms with van der Waals surface area (Å²) in [6.45, 7) is 12.4. The number of thioether (sulfide) groups is 1. The standard InChI is InChI=1S/C32H41N5O2S/c1-32(2,3)28-23-29(37-20-18-36(19-21-37)17-8-11-25-9-6-5-7-10-25)35-31(34-28)40-24-26-12-14-27(15-13-26)30(38)33-16-22-39-4/h5-15,23H,16-22,24H2,1-4H3,(H,33,38)/b11-8+. The minimum absolute atomic E-state index is 0.0745. The largest absolute Gasteiger partial charge is 0.383 e. The molecule has 0 saturated carbocycles. The van der Waals surface area contributed by atoms with Gasteiger partial charge >= 0.3 is 0 Å². The highest BCUT2D eigenvalue weighted by Crippen LogP contribution is 2.29. The fourth-order valence-electron chi connectivity index (χ4n) is 4.35. The number of hydrogen-bond donors (Lipinski definition) is 1. The van der Waals surface area contributed by atoms with Crippen LogP contribution in [-0.4, -0.2) is 73.8 Å². The number of aromatic nitrogens is 2. The molecule has 7 nitrogen and oxygen atoms in total. The van der Waals surface area contributed by atoms with Crippen molar-refractivity contribution in [1.29, 1.82) is 0 Å². The van der Waals surface area contributed by atoms with Crippen LogP contribution in [0.15, 0.2) is 71.9 Å². The van der Waals surface area contributed by atoms with E-state index in [9.17, 15) is 4.79 Å². The predicted molar refractivity (Wildman–Crippen MR) is 165 cm³/mol. The second-order valence-corrected chi connectivity index (χ2v) is 11.9. The lowest BCUT2D eigenvalue weighted by molar-refractivity contribution is 0.0937. The van der Waals surface area contributed by atoms with Crippen molar-refractivity contribution >= 4 is 29.6 Å². The quantitative estimate of drug-likeness (QED) is 0.195. The molecule has 40 heavy (non-hydrogen) atoms. The van der Waals surface area contributed by atoms with E-state index in [0.717, 1.165) is 60.7 Å². The highest BCUT2D eigenvalue weighted by atomic mass is 32.2. The van der Waals surface area contributed by atoms with Gasteiger partial charge in [0.05, 0.1) is 12.3 Å². The van der Waals surface area contributed by atoms with Gasteiger partial charge in [-0.2, -0.15) is 0 Å². The first-order valence-corrected chi connectivity index (χ1v) is 14.9. The molecule has 0 radical (unpaired) electrons. The van der Waals surface area contributed by atoms with Crippen LogP contribution in [0.25, 0.3) is 6.08 Å². The van der Waals surface area contributed by atoms with Crippen molar-refractivity contribution in [3.8, 4) is 0 Å². The van der Waals surface area contributed by atoms with Crippen LogP contribution in [0.5, 0.6) is 0 Å². The molecular formula is C32H41N5O2S. The molecule has 1 aliphatic heterocycles. The van der Waals surface area contributed by atoms with Gasteiger partial charge in [0.15, 0.2) is 5.16 Å². The SMILES string of the molecule is COCCNC(=O)c1ccc(CSc2nc(N3CCN(C/C=C/c4ccccc4)CC3)cc(C(C)(C)C)n2)cc1. The van der Waals surface area contributed by atoms with Gasteiger partial charge in [-0.25, -0.2) is 9.97 Å². The van der Waals surface area contributed by atoms with Crippen LogP contribution >= 0.6 is 11.8 Å². The van der Waals surface area contributed by atoms with Crippen molar-refractivity contribution in [3.05, 3.63) is 89.1 Å². The Morgan fingerprint density at radius 1 is 1.02 bits per heavy atom. The molecular weight excluding hydrogens is 518 g/mol. The van der Waals surface area contributed by atoms with E-state index in [1.54, 1.807) is 18.9 Å². The average molecular weight is 560 g/mol. The maximum Gasteiger partial charge on any atom is 0.251 e. The van der Waals surface area contributed by atoms with E-state index in [2.05, 4.69) is 78.4 Å². The number of methoxy groups -OCH3 is 1. The van der Waals surface area contributed by atoms with Crippen molar-refractivity contribution in [2.75, 3.05) is 57.9 Å². The Morgan fingerprint density at radius 3 is 2.42 bits per heavy atom. The molecule has 1 aromatic heterocycles. The van der Waals surface area contributed by atoms with Crippen molar-refractivity contribution < 1.29 is 9.53 Å². The van der Waals surface area contributed by atoms with E-state index in [-0.39, 0.29) is 11.3 Å². The summed E-state index contributed by atoms with van der Waals surface area (Å²) in [5.41, 5.74) is 3.99. The molecule has 8 heteroatoms. The van der Waals surface area contributed by atoms with Crippen molar-refractivity contribution in [2.24, 2.45) is 0 Å². The zero-order valence-corrected chi connectivity index (χ0v) is 24.9. The molecule has 0 aliphatic carbocycles. The van der Waals surface area contributed by atoms with E-state index in [1.807, 2.05) is 30.3 Å². The second-order valence-electron chi connectivity index (χ2n) is 11.0. The number of carbonyl (C=O) groups excluding carboxylic acids is 1. The number of amides is 1. The van der Waals surface area contributed by atoms with Crippen LogP contribution in [0.4, 0.5) is 5.82 Å². The lowest BCUT2D eigenvalue weighted by atomic mass is 9.92. The lowest BCUT2D eigenvalue weighted by Gasteiger charge is -2.35. The van der Waals surface area contributed by atoms with E-state index in [1.165, 1.54) is 5.56 Å². The van der Waals surface area contributed by atoms with Gasteiger partial charge in [-0.1, -0.05) is 87.1 Å². The van der Waals surface area contributed by atoms with E-state index in [0.29, 0.717) is 18.7 Å². The molecule has 0 bridgehead atoms. The Labute approximate surface area is 243 Å². The molecule has 4 rings (SSSR count). The number of nitrogens with zero attached hydrogens (tertiary/aromatic N) is 4. The Kier molecular flexibility index (Phi) is 10.7. The van der Waals surface area contributed by atoms with E-state index < -0.39 is 0 Å². The van der Waals surface area contributed by atoms with Gasteiger partial charge < -0.3 is 15.0 Å². The number of carbonyl (C=O) groups is 1. The first-order valence-electron chi connectivity index (χ1n) is 13.9. The molecule has 1 N–H and O–H groups in total. The highest BCUT2D eigenvalue weighted by molar-refractivity contribution is 7.98. The average Bonchev–Trinajstić information content (AvgIpc) is 2.97. The summed E-state index contributed by atoms with van der Waals surface area (Å²) < 4.78 is 4.99. The number of hydrogen-bond acceptors (Lipinski definition) is 7. The van der Waals surface area contributed by atoms with Gasteiger partial charge in [0.2, 0.25) is 0 Å². The fraction of sp³-hybridized carbons (Fsp3) is 0.406. The summed E-state index contributed by atoms with van der Waals surface area (Å²) in [4.78, 5) is 27.0. The molecule has 1 amide bonds. The van der Waals surface area contributed by atoms with Crippen LogP contribution in [0, 0.1) is 0 Å². The minimum atomic E-state index is -0.0885. The van der Waals surface area contributed by atoms with Crippen LogP contribution in [0.3, 0.4) is 0 Å². The van der Waals surface area contributed by atoms with E-state index in [4.69, 9.17) is 14.7 Å². The van der Waals surface area contributed by atoms with Gasteiger partial charge in [-0.15, -0.1) is 0 Å². The molecule has 0 spiro atoms. The van der Waals surface area contributed by atoms with Gasteiger partial charge in [0, 0.05) is 69.2 Å². The summed E-state index contributed by atoms with van der Waals surface area (Å²) in [5, 5.41) is 3.64. The third-order valence-corrected chi connectivity index (χ3v) is 7.72. The molecule has 2 aromatic carbocycles. The normalized spacial score (nSPS) is 14.6. The Hall–Kier alpha value is -3.20. The Bertz CT molecular complexity index is 1250. The summed E-state index contributed by atoms with van der Waals surface area (Å²) in [7, 11) is 1.62. The fourth-order valence-corrected chi connectivity index (χ4v) is 5.16. The van der Waals surface area contributed by atoms with Gasteiger partial charge in [0.1, 0.15) is 5.82 Å². The number of benzene rings is 2. The van der Waals surface area contributed by atoms with Crippen molar-refractivity contribution in [2.45, 2.75) is 37.1 Å². The van der Waals surface area contributed by atoms with Crippen LogP contribution in [0.1, 0.15) is 48.0 Å². The van der Waals surface area contributed by atoms with Gasteiger partial charge in [-0.05, 0) is 23.3 Å². The van der Waals surface area contributed by atoms with Crippen molar-refractivity contribution in [3.63, 3.8) is 0 Å². The zero-order valence-electron chi connectivity index (χ0n) is 24.1. The Morgan fingerprint density at radius 2 is 1.75 bits per heavy atom. The second kappa shape index (κ2) is 14.4. The number of piperazine rings is 1. The summed E-state index contributed by atoms with van der Waals surface area (Å²) >= 11 is 1.64. The molecule has 1 fully saturated rings. The molecule has 0 unspecified atom stereocenters. The maximum absolute atomic E-state index is 12.3. The molecule has 1 saturated heterocycles. The minimum Gasteiger partial charge on any atom is -0.383 e. The molecule has 0 atom stereocenters.